The van der Waals surface area contributed by atoms with Crippen LogP contribution in [0.2, 0.25) is 0 Å². The molecule has 2 aliphatic heterocycles. The van der Waals surface area contributed by atoms with Gasteiger partial charge in [0.25, 0.3) is 6.71 Å². The Morgan fingerprint density at radius 1 is 0.390 bits per heavy atom. The Morgan fingerprint density at radius 3 is 1.54 bits per heavy atom. The summed E-state index contributed by atoms with van der Waals surface area (Å²) in [5, 5.41) is 7.86. The number of ether oxygens (including phenoxy) is 2. The summed E-state index contributed by atoms with van der Waals surface area (Å²) in [6.07, 6.45) is 0. The summed E-state index contributed by atoms with van der Waals surface area (Å²) in [4.78, 5) is 0. The van der Waals surface area contributed by atoms with Crippen LogP contribution >= 0.6 is 0 Å². The Bertz CT molecular complexity index is 3070. The maximum atomic E-state index is 7.21. The van der Waals surface area contributed by atoms with E-state index in [4.69, 9.17) is 9.47 Å². The molecule has 276 valence electrons. The van der Waals surface area contributed by atoms with Crippen LogP contribution < -0.4 is 46.6 Å². The minimum absolute atomic E-state index is 0.0468. The molecule has 5 heteroatoms. The molecule has 1 aromatic heterocycles. The van der Waals surface area contributed by atoms with E-state index < -0.39 is 8.07 Å². The molecule has 0 radical (unpaired) electrons. The van der Waals surface area contributed by atoms with E-state index in [9.17, 15) is 0 Å². The fourth-order valence-corrected chi connectivity index (χ4v) is 14.7. The molecule has 3 heterocycles. The first-order valence-corrected chi connectivity index (χ1v) is 22.3. The molecule has 12 rings (SSSR count). The van der Waals surface area contributed by atoms with Gasteiger partial charge in [-0.25, -0.2) is 0 Å². The molecule has 0 amide bonds. The van der Waals surface area contributed by atoms with Crippen LogP contribution in [0.1, 0.15) is 0 Å². The second-order valence-electron chi connectivity index (χ2n) is 15.5. The molecular weight excluding hydrogens is 733 g/mol. The highest BCUT2D eigenvalue weighted by molar-refractivity contribution is 7.19. The van der Waals surface area contributed by atoms with Crippen LogP contribution in [0.3, 0.4) is 0 Å². The topological polar surface area (TPSA) is 23.4 Å². The first-order valence-electron chi connectivity index (χ1n) is 20.3. The van der Waals surface area contributed by atoms with Crippen molar-refractivity contribution in [3.8, 4) is 39.8 Å². The summed E-state index contributed by atoms with van der Waals surface area (Å²) in [7, 11) is -2.68. The van der Waals surface area contributed by atoms with Crippen molar-refractivity contribution in [1.82, 2.24) is 4.57 Å². The van der Waals surface area contributed by atoms with E-state index in [1.165, 1.54) is 42.6 Å². The lowest BCUT2D eigenvalue weighted by Crippen LogP contribution is -2.74. The minimum atomic E-state index is -2.68. The smallest absolute Gasteiger partial charge is 0.260 e. The number of hydrogen-bond acceptors (Lipinski definition) is 2. The Kier molecular flexibility index (Phi) is 7.65. The lowest BCUT2D eigenvalue weighted by atomic mass is 9.34. The zero-order valence-corrected chi connectivity index (χ0v) is 33.1. The fraction of sp³-hybridized carbons (Fsp3) is 0. The van der Waals surface area contributed by atoms with Gasteiger partial charge in [-0.15, -0.1) is 0 Å². The summed E-state index contributed by atoms with van der Waals surface area (Å²) in [6.45, 7) is -0.0468. The SMILES string of the molecule is c1ccc([Si](c2ccccc2)(c2ccccc2)c2ccc(-c3ccc4c5c3Oc3cc(-n6c7ccccc7c7ccccc76)ccc3B5c3ccccc3O4)cc2)cc1. The van der Waals surface area contributed by atoms with Crippen molar-refractivity contribution in [2.75, 3.05) is 0 Å². The van der Waals surface area contributed by atoms with Gasteiger partial charge < -0.3 is 14.0 Å². The van der Waals surface area contributed by atoms with Crippen molar-refractivity contribution in [2.24, 2.45) is 0 Å². The van der Waals surface area contributed by atoms with Gasteiger partial charge >= 0.3 is 0 Å². The van der Waals surface area contributed by atoms with Gasteiger partial charge in [0.15, 0.2) is 8.07 Å². The summed E-state index contributed by atoms with van der Waals surface area (Å²) in [5.41, 5.74) is 8.91. The molecule has 0 bridgehead atoms. The highest BCUT2D eigenvalue weighted by Crippen LogP contribution is 2.42. The molecule has 0 saturated heterocycles. The average molecular weight is 770 g/mol. The van der Waals surface area contributed by atoms with E-state index in [1.807, 2.05) is 0 Å². The van der Waals surface area contributed by atoms with Gasteiger partial charge in [-0.3, -0.25) is 0 Å². The largest absolute Gasteiger partial charge is 0.458 e. The third kappa shape index (κ3) is 5.08. The molecule has 0 atom stereocenters. The minimum Gasteiger partial charge on any atom is -0.458 e. The van der Waals surface area contributed by atoms with Crippen LogP contribution in [0.5, 0.6) is 23.0 Å². The van der Waals surface area contributed by atoms with E-state index >= 15 is 0 Å². The molecule has 9 aromatic carbocycles. The van der Waals surface area contributed by atoms with Gasteiger partial charge in [0.2, 0.25) is 0 Å². The molecule has 2 aliphatic rings. The standard InChI is InChI=1S/C54H36BNO2Si/c1-4-16-39(17-5-1)59(40-18-6-2-7-19-40,41-20-8-3-9-21-41)42-31-28-37(29-32-42)43-33-35-51-53-54(43)58-52-36-38(30-34-47(52)55(53)46-24-12-15-27-50(46)57-51)56-48-25-13-10-22-44(48)45-23-11-14-26-49(45)56/h1-36H. The van der Waals surface area contributed by atoms with Gasteiger partial charge in [-0.05, 0) is 73.6 Å². The zero-order valence-electron chi connectivity index (χ0n) is 32.1. The van der Waals surface area contributed by atoms with Gasteiger partial charge in [0, 0.05) is 33.6 Å². The zero-order chi connectivity index (χ0) is 38.9. The average Bonchev–Trinajstić information content (AvgIpc) is 3.65. The van der Waals surface area contributed by atoms with Crippen LogP contribution in [-0.4, -0.2) is 19.4 Å². The van der Waals surface area contributed by atoms with Crippen molar-refractivity contribution >= 4 is 73.7 Å². The van der Waals surface area contributed by atoms with E-state index in [0.717, 1.165) is 56.2 Å². The Morgan fingerprint density at radius 2 is 0.915 bits per heavy atom. The number of aromatic nitrogens is 1. The van der Waals surface area contributed by atoms with E-state index in [1.54, 1.807) is 0 Å². The number of rotatable bonds is 6. The molecular formula is C54H36BNO2Si. The summed E-state index contributed by atoms with van der Waals surface area (Å²) >= 11 is 0. The second-order valence-corrected chi connectivity index (χ2v) is 19.4. The molecule has 10 aromatic rings. The molecule has 0 fully saturated rings. The lowest BCUT2D eigenvalue weighted by molar-refractivity contribution is 0.465. The van der Waals surface area contributed by atoms with E-state index in [-0.39, 0.29) is 6.71 Å². The predicted molar refractivity (Wildman–Crippen MR) is 248 cm³/mol. The van der Waals surface area contributed by atoms with Gasteiger partial charge in [-0.1, -0.05) is 176 Å². The molecule has 59 heavy (non-hydrogen) atoms. The summed E-state index contributed by atoms with van der Waals surface area (Å²) in [5.74, 6) is 3.43. The molecule has 0 spiro atoms. The van der Waals surface area contributed by atoms with Crippen molar-refractivity contribution in [1.29, 1.82) is 0 Å². The number of fused-ring (bicyclic) bond motifs is 7. The van der Waals surface area contributed by atoms with E-state index in [0.29, 0.717) is 0 Å². The van der Waals surface area contributed by atoms with Crippen LogP contribution in [0, 0.1) is 0 Å². The molecule has 0 saturated carbocycles. The quantitative estimate of drug-likeness (QED) is 0.125. The van der Waals surface area contributed by atoms with Crippen LogP contribution in [0.15, 0.2) is 218 Å². The third-order valence-corrected chi connectivity index (χ3v) is 17.3. The van der Waals surface area contributed by atoms with Crippen molar-refractivity contribution in [3.05, 3.63) is 218 Å². The van der Waals surface area contributed by atoms with Crippen molar-refractivity contribution < 1.29 is 9.47 Å². The van der Waals surface area contributed by atoms with Crippen molar-refractivity contribution in [2.45, 2.75) is 0 Å². The maximum absolute atomic E-state index is 7.21. The Balaban J connectivity index is 1.04. The van der Waals surface area contributed by atoms with Crippen LogP contribution in [0.25, 0.3) is 38.6 Å². The van der Waals surface area contributed by atoms with E-state index in [2.05, 4.69) is 223 Å². The molecule has 0 unspecified atom stereocenters. The highest BCUT2D eigenvalue weighted by atomic mass is 28.3. The monoisotopic (exact) mass is 769 g/mol. The molecule has 0 N–H and O–H groups in total. The highest BCUT2D eigenvalue weighted by Gasteiger charge is 2.43. The third-order valence-electron chi connectivity index (χ3n) is 12.5. The summed E-state index contributed by atoms with van der Waals surface area (Å²) < 4.78 is 16.2. The van der Waals surface area contributed by atoms with Gasteiger partial charge in [-0.2, -0.15) is 0 Å². The Labute approximate surface area is 344 Å². The number of nitrogens with zero attached hydrogens (tertiary/aromatic N) is 1. The second kappa shape index (κ2) is 13.4. The summed E-state index contributed by atoms with van der Waals surface area (Å²) in [6, 6.07) is 79.4. The predicted octanol–water partition coefficient (Wildman–Crippen LogP) is 8.56. The fourth-order valence-electron chi connectivity index (χ4n) is 9.95. The van der Waals surface area contributed by atoms with Crippen molar-refractivity contribution in [3.63, 3.8) is 0 Å². The maximum Gasteiger partial charge on any atom is 0.260 e. The first-order chi connectivity index (χ1) is 29.3. The lowest BCUT2D eigenvalue weighted by Gasteiger charge is -2.35. The Hall–Kier alpha value is -7.34. The molecule has 3 nitrogen and oxygen atoms in total. The number of hydrogen-bond donors (Lipinski definition) is 0. The van der Waals surface area contributed by atoms with Gasteiger partial charge in [0.05, 0.1) is 11.0 Å². The first kappa shape index (κ1) is 33.8. The van der Waals surface area contributed by atoms with Crippen LogP contribution in [0.4, 0.5) is 0 Å². The normalized spacial score (nSPS) is 12.6. The van der Waals surface area contributed by atoms with Crippen LogP contribution in [-0.2, 0) is 0 Å². The number of para-hydroxylation sites is 3. The molecule has 0 aliphatic carbocycles. The van der Waals surface area contributed by atoms with Gasteiger partial charge in [0.1, 0.15) is 23.0 Å². The number of benzene rings is 9.